The molecule has 2 aromatic rings. The number of carboxylic acid groups (broad SMARTS) is 1. The lowest BCUT2D eigenvalue weighted by molar-refractivity contribution is -0.274. The van der Waals surface area contributed by atoms with Gasteiger partial charge in [0.25, 0.3) is 0 Å². The summed E-state index contributed by atoms with van der Waals surface area (Å²) in [7, 11) is 1.00. The summed E-state index contributed by atoms with van der Waals surface area (Å²) < 4.78 is 103. The number of alkyl halides is 6. The largest absolute Gasteiger partial charge is 0.573 e. The van der Waals surface area contributed by atoms with Crippen LogP contribution in [0.4, 0.5) is 30.7 Å². The Hall–Kier alpha value is -3.18. The maximum absolute atomic E-state index is 13.9. The third-order valence-corrected chi connectivity index (χ3v) is 3.18. The fourth-order valence-corrected chi connectivity index (χ4v) is 2.08. The molecule has 0 bridgehead atoms. The first-order valence-corrected chi connectivity index (χ1v) is 7.07. The van der Waals surface area contributed by atoms with E-state index in [1.807, 2.05) is 0 Å². The predicted octanol–water partition coefficient (Wildman–Crippen LogP) is 5.24. The van der Waals surface area contributed by atoms with Gasteiger partial charge in [-0.05, 0) is 24.3 Å². The second kappa shape index (κ2) is 7.44. The molecule has 0 spiro atoms. The monoisotopic (exact) mass is 414 g/mol. The molecule has 0 atom stereocenters. The summed E-state index contributed by atoms with van der Waals surface area (Å²) in [4.78, 5) is 11.2. The van der Waals surface area contributed by atoms with Crippen molar-refractivity contribution < 1.29 is 54.8 Å². The highest BCUT2D eigenvalue weighted by Gasteiger charge is 2.34. The van der Waals surface area contributed by atoms with Crippen molar-refractivity contribution in [1.29, 1.82) is 0 Å². The van der Waals surface area contributed by atoms with E-state index in [9.17, 15) is 35.5 Å². The van der Waals surface area contributed by atoms with Crippen LogP contribution in [0.15, 0.2) is 30.3 Å². The summed E-state index contributed by atoms with van der Waals surface area (Å²) in [5.41, 5.74) is -2.73. The summed E-state index contributed by atoms with van der Waals surface area (Å²) in [6.07, 6.45) is -10.0. The third-order valence-electron chi connectivity index (χ3n) is 3.18. The minimum atomic E-state index is -5.02. The SMILES string of the molecule is COc1cc(OC(F)(F)F)ccc1Oc1cc(C(F)(F)F)cc(F)c1C(=O)O. The van der Waals surface area contributed by atoms with E-state index in [2.05, 4.69) is 4.74 Å². The first kappa shape index (κ1) is 21.1. The summed E-state index contributed by atoms with van der Waals surface area (Å²) >= 11 is 0. The second-order valence-corrected chi connectivity index (χ2v) is 5.10. The van der Waals surface area contributed by atoms with E-state index in [1.54, 1.807) is 0 Å². The van der Waals surface area contributed by atoms with Crippen LogP contribution in [0.3, 0.4) is 0 Å². The van der Waals surface area contributed by atoms with Crippen LogP contribution in [0.1, 0.15) is 15.9 Å². The summed E-state index contributed by atoms with van der Waals surface area (Å²) in [6.45, 7) is 0. The van der Waals surface area contributed by atoms with Crippen molar-refractivity contribution in [2.45, 2.75) is 12.5 Å². The van der Waals surface area contributed by atoms with Crippen molar-refractivity contribution in [3.05, 3.63) is 47.3 Å². The fourth-order valence-electron chi connectivity index (χ4n) is 2.08. The number of aromatic carboxylic acids is 1. The van der Waals surface area contributed by atoms with Gasteiger partial charge in [-0.3, -0.25) is 0 Å². The first-order chi connectivity index (χ1) is 12.8. The van der Waals surface area contributed by atoms with Crippen LogP contribution in [0.2, 0.25) is 0 Å². The molecular formula is C16H9F7O5. The van der Waals surface area contributed by atoms with Crippen molar-refractivity contribution in [1.82, 2.24) is 0 Å². The average molecular weight is 414 g/mol. The second-order valence-electron chi connectivity index (χ2n) is 5.10. The molecule has 152 valence electrons. The van der Waals surface area contributed by atoms with E-state index >= 15 is 0 Å². The molecule has 0 aliphatic carbocycles. The molecule has 1 N–H and O–H groups in total. The number of hydrogen-bond donors (Lipinski definition) is 1. The molecule has 5 nitrogen and oxygen atoms in total. The van der Waals surface area contributed by atoms with Crippen molar-refractivity contribution in [2.75, 3.05) is 7.11 Å². The predicted molar refractivity (Wildman–Crippen MR) is 78.1 cm³/mol. The highest BCUT2D eigenvalue weighted by atomic mass is 19.4. The van der Waals surface area contributed by atoms with Crippen LogP contribution in [0, 0.1) is 5.82 Å². The molecule has 0 unspecified atom stereocenters. The minimum Gasteiger partial charge on any atom is -0.493 e. The number of halogens is 7. The van der Waals surface area contributed by atoms with Gasteiger partial charge in [0.05, 0.1) is 12.7 Å². The molecule has 0 fully saturated rings. The van der Waals surface area contributed by atoms with Gasteiger partial charge in [0.2, 0.25) is 0 Å². The van der Waals surface area contributed by atoms with Crippen molar-refractivity contribution in [3.63, 3.8) is 0 Å². The van der Waals surface area contributed by atoms with Crippen molar-refractivity contribution >= 4 is 5.97 Å². The Labute approximate surface area is 151 Å². The fraction of sp³-hybridized carbons (Fsp3) is 0.188. The maximum atomic E-state index is 13.9. The number of benzene rings is 2. The quantitative estimate of drug-likeness (QED) is 0.678. The van der Waals surface area contributed by atoms with Gasteiger partial charge in [-0.2, -0.15) is 13.2 Å². The van der Waals surface area contributed by atoms with Gasteiger partial charge in [0, 0.05) is 6.07 Å². The molecule has 0 aliphatic heterocycles. The number of carboxylic acids is 1. The van der Waals surface area contributed by atoms with E-state index in [0.29, 0.717) is 6.07 Å². The number of methoxy groups -OCH3 is 1. The third kappa shape index (κ3) is 4.96. The standard InChI is InChI=1S/C16H9F7O5/c1-26-11-6-8(28-16(21,22)23)2-3-10(11)27-12-5-7(15(18,19)20)4-9(17)13(12)14(24)25/h2-6H,1H3,(H,24,25). The van der Waals surface area contributed by atoms with Gasteiger partial charge in [-0.15, -0.1) is 13.2 Å². The molecule has 2 rings (SSSR count). The molecule has 0 aromatic heterocycles. The topological polar surface area (TPSA) is 65.0 Å². The van der Waals surface area contributed by atoms with Gasteiger partial charge in [0.15, 0.2) is 11.5 Å². The first-order valence-electron chi connectivity index (χ1n) is 7.07. The lowest BCUT2D eigenvalue weighted by Gasteiger charge is -2.16. The van der Waals surface area contributed by atoms with Gasteiger partial charge in [-0.1, -0.05) is 0 Å². The molecule has 28 heavy (non-hydrogen) atoms. The van der Waals surface area contributed by atoms with E-state index in [0.717, 1.165) is 19.2 Å². The molecule has 0 radical (unpaired) electrons. The van der Waals surface area contributed by atoms with Crippen molar-refractivity contribution in [2.24, 2.45) is 0 Å². The van der Waals surface area contributed by atoms with Crippen LogP contribution in [-0.2, 0) is 6.18 Å². The molecule has 0 amide bonds. The van der Waals surface area contributed by atoms with Crippen molar-refractivity contribution in [3.8, 4) is 23.0 Å². The minimum absolute atomic E-state index is 0.0200. The maximum Gasteiger partial charge on any atom is 0.573 e. The Bertz CT molecular complexity index is 890. The Morgan fingerprint density at radius 2 is 1.61 bits per heavy atom. The highest BCUT2D eigenvalue weighted by molar-refractivity contribution is 5.91. The smallest absolute Gasteiger partial charge is 0.493 e. The number of rotatable bonds is 5. The Morgan fingerprint density at radius 3 is 2.11 bits per heavy atom. The molecule has 12 heteroatoms. The zero-order valence-electron chi connectivity index (χ0n) is 13.6. The Kier molecular flexibility index (Phi) is 5.62. The molecule has 2 aromatic carbocycles. The highest BCUT2D eigenvalue weighted by Crippen LogP contribution is 2.40. The number of ether oxygens (including phenoxy) is 3. The molecule has 0 saturated carbocycles. The van der Waals surface area contributed by atoms with E-state index < -0.39 is 58.5 Å². The van der Waals surface area contributed by atoms with Gasteiger partial charge in [-0.25, -0.2) is 9.18 Å². The van der Waals surface area contributed by atoms with Crippen LogP contribution in [0.5, 0.6) is 23.0 Å². The Balaban J connectivity index is 2.52. The van der Waals surface area contributed by atoms with Crippen LogP contribution < -0.4 is 14.2 Å². The van der Waals surface area contributed by atoms with E-state index in [1.165, 1.54) is 0 Å². The zero-order chi connectivity index (χ0) is 21.3. The Morgan fingerprint density at radius 1 is 0.964 bits per heavy atom. The van der Waals surface area contributed by atoms with Crippen LogP contribution in [0.25, 0.3) is 0 Å². The zero-order valence-corrected chi connectivity index (χ0v) is 13.6. The van der Waals surface area contributed by atoms with E-state index in [4.69, 9.17) is 14.6 Å². The van der Waals surface area contributed by atoms with Crippen LogP contribution in [-0.4, -0.2) is 24.5 Å². The lowest BCUT2D eigenvalue weighted by atomic mass is 10.1. The van der Waals surface area contributed by atoms with Crippen LogP contribution >= 0.6 is 0 Å². The summed E-state index contributed by atoms with van der Waals surface area (Å²) in [6, 6.07) is 2.49. The number of hydrogen-bond acceptors (Lipinski definition) is 4. The molecular weight excluding hydrogens is 405 g/mol. The summed E-state index contributed by atoms with van der Waals surface area (Å²) in [5, 5.41) is 9.04. The normalized spacial score (nSPS) is 11.9. The molecule has 0 aliphatic rings. The van der Waals surface area contributed by atoms with Gasteiger partial charge in [0.1, 0.15) is 22.9 Å². The van der Waals surface area contributed by atoms with Gasteiger partial charge >= 0.3 is 18.5 Å². The number of carbonyl (C=O) groups is 1. The lowest BCUT2D eigenvalue weighted by Crippen LogP contribution is -2.17. The molecule has 0 heterocycles. The van der Waals surface area contributed by atoms with Gasteiger partial charge < -0.3 is 19.3 Å². The molecule has 0 saturated heterocycles. The van der Waals surface area contributed by atoms with E-state index in [-0.39, 0.29) is 12.1 Å². The average Bonchev–Trinajstić information content (AvgIpc) is 2.53. The summed E-state index contributed by atoms with van der Waals surface area (Å²) in [5.74, 6) is -6.30.